The van der Waals surface area contributed by atoms with Crippen LogP contribution in [-0.4, -0.2) is 45.9 Å². The predicted octanol–water partition coefficient (Wildman–Crippen LogP) is 4.20. The standard InChI is InChI=1S/C24H32BNO7/c1-7-24(3,4)33-25(32-8-2)19-11-9-18(21(13-19)29-5)16-31-23(28)26-20-12-10-17(15-27)22(14-20)30-6/h9-15H,7-8,16H2,1-6H3,(H,26,28). The Hall–Kier alpha value is -3.04. The maximum Gasteiger partial charge on any atom is 0.494 e. The summed E-state index contributed by atoms with van der Waals surface area (Å²) in [5.41, 5.74) is 1.98. The van der Waals surface area contributed by atoms with E-state index in [0.29, 0.717) is 41.2 Å². The Kier molecular flexibility index (Phi) is 9.75. The van der Waals surface area contributed by atoms with E-state index in [1.807, 2.05) is 39.0 Å². The van der Waals surface area contributed by atoms with Crippen molar-refractivity contribution < 1.29 is 33.1 Å². The smallest absolute Gasteiger partial charge is 0.494 e. The van der Waals surface area contributed by atoms with Crippen molar-refractivity contribution in [2.75, 3.05) is 26.1 Å². The van der Waals surface area contributed by atoms with E-state index in [2.05, 4.69) is 12.2 Å². The van der Waals surface area contributed by atoms with E-state index in [1.54, 1.807) is 25.3 Å². The van der Waals surface area contributed by atoms with Gasteiger partial charge in [0.2, 0.25) is 0 Å². The van der Waals surface area contributed by atoms with Crippen LogP contribution in [0.1, 0.15) is 50.0 Å². The minimum absolute atomic E-state index is 0.000541. The second kappa shape index (κ2) is 12.3. The van der Waals surface area contributed by atoms with Gasteiger partial charge < -0.3 is 23.5 Å². The van der Waals surface area contributed by atoms with Crippen LogP contribution in [0.25, 0.3) is 0 Å². The number of rotatable bonds is 12. The van der Waals surface area contributed by atoms with E-state index >= 15 is 0 Å². The lowest BCUT2D eigenvalue weighted by Crippen LogP contribution is -2.43. The number of benzene rings is 2. The van der Waals surface area contributed by atoms with E-state index < -0.39 is 13.2 Å². The van der Waals surface area contributed by atoms with Crippen molar-refractivity contribution in [2.45, 2.75) is 46.3 Å². The Labute approximate surface area is 195 Å². The Morgan fingerprint density at radius 1 is 1.06 bits per heavy atom. The number of anilines is 1. The molecule has 2 aromatic rings. The van der Waals surface area contributed by atoms with Crippen LogP contribution in [-0.2, 0) is 20.7 Å². The molecule has 0 aliphatic rings. The summed E-state index contributed by atoms with van der Waals surface area (Å²) in [6.07, 6.45) is 0.863. The minimum atomic E-state index is -0.651. The van der Waals surface area contributed by atoms with E-state index in [4.69, 9.17) is 23.5 Å². The summed E-state index contributed by atoms with van der Waals surface area (Å²) in [5.74, 6) is 0.914. The van der Waals surface area contributed by atoms with Crippen LogP contribution in [0.4, 0.5) is 10.5 Å². The molecule has 0 saturated heterocycles. The number of aldehydes is 1. The van der Waals surface area contributed by atoms with Gasteiger partial charge in [-0.25, -0.2) is 4.79 Å². The molecule has 2 aromatic carbocycles. The van der Waals surface area contributed by atoms with Crippen LogP contribution >= 0.6 is 0 Å². The number of nitrogens with one attached hydrogen (secondary N) is 1. The highest BCUT2D eigenvalue weighted by molar-refractivity contribution is 6.61. The van der Waals surface area contributed by atoms with E-state index in [1.165, 1.54) is 7.11 Å². The van der Waals surface area contributed by atoms with Gasteiger partial charge in [-0.3, -0.25) is 10.1 Å². The van der Waals surface area contributed by atoms with Crippen molar-refractivity contribution in [1.29, 1.82) is 0 Å². The zero-order valence-corrected chi connectivity index (χ0v) is 20.1. The van der Waals surface area contributed by atoms with Gasteiger partial charge in [0.05, 0.1) is 19.8 Å². The van der Waals surface area contributed by atoms with E-state index in [0.717, 1.165) is 11.9 Å². The maximum absolute atomic E-state index is 12.3. The fraction of sp³-hybridized carbons (Fsp3) is 0.417. The quantitative estimate of drug-likeness (QED) is 0.377. The summed E-state index contributed by atoms with van der Waals surface area (Å²) in [6, 6.07) is 10.2. The molecule has 178 valence electrons. The Bertz CT molecular complexity index is 948. The molecule has 0 unspecified atom stereocenters. The highest BCUT2D eigenvalue weighted by Crippen LogP contribution is 2.23. The number of ether oxygens (including phenoxy) is 3. The molecule has 33 heavy (non-hydrogen) atoms. The second-order valence-electron chi connectivity index (χ2n) is 7.87. The highest BCUT2D eigenvalue weighted by Gasteiger charge is 2.29. The van der Waals surface area contributed by atoms with Crippen LogP contribution < -0.4 is 20.3 Å². The molecule has 0 fully saturated rings. The SMILES string of the molecule is CCOB(OC(C)(C)CC)c1ccc(COC(=O)Nc2ccc(C=O)c(OC)c2)c(OC)c1. The van der Waals surface area contributed by atoms with Gasteiger partial charge >= 0.3 is 13.2 Å². The molecule has 0 spiro atoms. The molecule has 2 rings (SSSR count). The van der Waals surface area contributed by atoms with Crippen LogP contribution in [0.2, 0.25) is 0 Å². The van der Waals surface area contributed by atoms with Crippen molar-refractivity contribution in [3.63, 3.8) is 0 Å². The first-order valence-corrected chi connectivity index (χ1v) is 10.8. The van der Waals surface area contributed by atoms with E-state index in [-0.39, 0.29) is 12.2 Å². The monoisotopic (exact) mass is 457 g/mol. The van der Waals surface area contributed by atoms with Crippen LogP contribution in [0.5, 0.6) is 11.5 Å². The topological polar surface area (TPSA) is 92.3 Å². The Morgan fingerprint density at radius 3 is 2.39 bits per heavy atom. The number of carbonyl (C=O) groups is 2. The fourth-order valence-electron chi connectivity index (χ4n) is 2.93. The minimum Gasteiger partial charge on any atom is -0.496 e. The van der Waals surface area contributed by atoms with Gasteiger partial charge in [-0.1, -0.05) is 19.1 Å². The molecule has 0 aromatic heterocycles. The average Bonchev–Trinajstić information content (AvgIpc) is 2.82. The number of hydrogen-bond acceptors (Lipinski definition) is 7. The number of hydrogen-bond donors (Lipinski definition) is 1. The van der Waals surface area contributed by atoms with Gasteiger partial charge in [0.25, 0.3) is 0 Å². The van der Waals surface area contributed by atoms with Gasteiger partial charge in [-0.2, -0.15) is 0 Å². The summed E-state index contributed by atoms with van der Waals surface area (Å²) in [5, 5.41) is 2.62. The van der Waals surface area contributed by atoms with Crippen LogP contribution in [0.3, 0.4) is 0 Å². The summed E-state index contributed by atoms with van der Waals surface area (Å²) in [6.45, 7) is 8.49. The molecule has 8 nitrogen and oxygen atoms in total. The second-order valence-corrected chi connectivity index (χ2v) is 7.87. The molecule has 9 heteroatoms. The summed E-state index contributed by atoms with van der Waals surface area (Å²) >= 11 is 0. The molecule has 1 amide bonds. The molecular formula is C24H32BNO7. The Balaban J connectivity index is 2.08. The highest BCUT2D eigenvalue weighted by atomic mass is 16.6. The molecule has 0 aliphatic heterocycles. The third kappa shape index (κ3) is 7.51. The van der Waals surface area contributed by atoms with Crippen LogP contribution in [0, 0.1) is 0 Å². The third-order valence-electron chi connectivity index (χ3n) is 5.14. The lowest BCUT2D eigenvalue weighted by Gasteiger charge is -2.28. The molecule has 0 saturated carbocycles. The molecule has 0 bridgehead atoms. The Morgan fingerprint density at radius 2 is 1.79 bits per heavy atom. The molecule has 0 radical (unpaired) electrons. The van der Waals surface area contributed by atoms with Crippen LogP contribution in [0.15, 0.2) is 36.4 Å². The first-order chi connectivity index (χ1) is 15.8. The van der Waals surface area contributed by atoms with Crippen molar-refractivity contribution in [2.24, 2.45) is 0 Å². The first-order valence-electron chi connectivity index (χ1n) is 10.8. The maximum atomic E-state index is 12.3. The number of amides is 1. The van der Waals surface area contributed by atoms with Crippen molar-refractivity contribution in [1.82, 2.24) is 0 Å². The predicted molar refractivity (Wildman–Crippen MR) is 128 cm³/mol. The fourth-order valence-corrected chi connectivity index (χ4v) is 2.93. The molecule has 0 heterocycles. The van der Waals surface area contributed by atoms with E-state index in [9.17, 15) is 9.59 Å². The molecule has 0 atom stereocenters. The van der Waals surface area contributed by atoms with Crippen molar-refractivity contribution in [3.8, 4) is 11.5 Å². The molecular weight excluding hydrogens is 425 g/mol. The van der Waals surface area contributed by atoms with Crippen molar-refractivity contribution in [3.05, 3.63) is 47.5 Å². The number of methoxy groups -OCH3 is 2. The van der Waals surface area contributed by atoms with Gasteiger partial charge in [0.15, 0.2) is 6.29 Å². The normalized spacial score (nSPS) is 11.0. The van der Waals surface area contributed by atoms with Gasteiger partial charge in [-0.05, 0) is 50.9 Å². The lowest BCUT2D eigenvalue weighted by atomic mass is 9.77. The third-order valence-corrected chi connectivity index (χ3v) is 5.14. The first kappa shape index (κ1) is 26.2. The zero-order chi connectivity index (χ0) is 24.4. The number of carbonyl (C=O) groups excluding carboxylic acids is 2. The largest absolute Gasteiger partial charge is 0.496 e. The van der Waals surface area contributed by atoms with Gasteiger partial charge in [0.1, 0.15) is 18.1 Å². The zero-order valence-electron chi connectivity index (χ0n) is 20.1. The van der Waals surface area contributed by atoms with Gasteiger partial charge in [-0.15, -0.1) is 0 Å². The summed E-state index contributed by atoms with van der Waals surface area (Å²) < 4.78 is 27.9. The summed E-state index contributed by atoms with van der Waals surface area (Å²) in [7, 11) is 2.46. The average molecular weight is 457 g/mol. The molecule has 0 aliphatic carbocycles. The lowest BCUT2D eigenvalue weighted by molar-refractivity contribution is 0.0706. The molecule has 1 N–H and O–H groups in total. The summed E-state index contributed by atoms with van der Waals surface area (Å²) in [4.78, 5) is 23.3. The van der Waals surface area contributed by atoms with Gasteiger partial charge in [0, 0.05) is 29.5 Å². The van der Waals surface area contributed by atoms with Crippen molar-refractivity contribution >= 4 is 30.6 Å².